The molecule has 0 atom stereocenters. The molecule has 4 rings (SSSR count). The predicted molar refractivity (Wildman–Crippen MR) is 93.1 cm³/mol. The van der Waals surface area contributed by atoms with Crippen molar-refractivity contribution in [2.24, 2.45) is 0 Å². The van der Waals surface area contributed by atoms with Crippen LogP contribution in [0.25, 0.3) is 10.8 Å². The van der Waals surface area contributed by atoms with E-state index in [0.29, 0.717) is 11.7 Å². The number of hydrogen-bond donors (Lipinski definition) is 2. The third kappa shape index (κ3) is 2.93. The zero-order valence-corrected chi connectivity index (χ0v) is 14.0. The van der Waals surface area contributed by atoms with Crippen LogP contribution >= 0.6 is 0 Å². The first-order valence-electron chi connectivity index (χ1n) is 8.39. The molecule has 0 bridgehead atoms. The fourth-order valence-corrected chi connectivity index (χ4v) is 3.48. The first-order valence-corrected chi connectivity index (χ1v) is 8.39. The minimum Gasteiger partial charge on any atom is -0.340 e. The minimum atomic E-state index is -0.562. The first kappa shape index (κ1) is 15.6. The van der Waals surface area contributed by atoms with Gasteiger partial charge in [-0.25, -0.2) is 4.79 Å². The van der Waals surface area contributed by atoms with Gasteiger partial charge < -0.3 is 15.2 Å². The monoisotopic (exact) mass is 337 g/mol. The number of carbonyl (C=O) groups excluding carboxylic acids is 1. The van der Waals surface area contributed by atoms with Gasteiger partial charge in [-0.2, -0.15) is 4.98 Å². The zero-order valence-electron chi connectivity index (χ0n) is 14.0. The molecule has 0 saturated heterocycles. The van der Waals surface area contributed by atoms with E-state index in [9.17, 15) is 4.79 Å². The number of nitrogens with zero attached hydrogens (tertiary/aromatic N) is 3. The molecule has 128 valence electrons. The maximum absolute atomic E-state index is 12.7. The molecule has 2 aromatic heterocycles. The van der Waals surface area contributed by atoms with E-state index in [1.165, 1.54) is 0 Å². The Labute approximate surface area is 144 Å². The molecule has 0 radical (unpaired) electrons. The van der Waals surface area contributed by atoms with Crippen molar-refractivity contribution in [3.63, 3.8) is 0 Å². The van der Waals surface area contributed by atoms with E-state index in [4.69, 9.17) is 4.52 Å². The van der Waals surface area contributed by atoms with Crippen molar-refractivity contribution < 1.29 is 9.32 Å². The Kier molecular flexibility index (Phi) is 3.83. The van der Waals surface area contributed by atoms with Crippen LogP contribution in [-0.4, -0.2) is 21.2 Å². The average molecular weight is 337 g/mol. The van der Waals surface area contributed by atoms with Gasteiger partial charge in [0, 0.05) is 30.1 Å². The van der Waals surface area contributed by atoms with Gasteiger partial charge in [-0.05, 0) is 25.0 Å². The molecule has 1 aliphatic rings. The highest BCUT2D eigenvalue weighted by atomic mass is 16.5. The molecule has 1 saturated carbocycles. The zero-order chi connectivity index (χ0) is 17.3. The first-order chi connectivity index (χ1) is 12.2. The number of amides is 2. The molecular formula is C18H19N5O2. The van der Waals surface area contributed by atoms with Gasteiger partial charge in [0.05, 0.1) is 5.69 Å². The van der Waals surface area contributed by atoms with E-state index in [1.54, 1.807) is 19.3 Å². The number of urea groups is 1. The lowest BCUT2D eigenvalue weighted by molar-refractivity contribution is 0.232. The molecule has 25 heavy (non-hydrogen) atoms. The number of rotatable bonds is 3. The van der Waals surface area contributed by atoms with Gasteiger partial charge in [0.2, 0.25) is 5.89 Å². The fraction of sp³-hybridized carbons (Fsp3) is 0.333. The van der Waals surface area contributed by atoms with E-state index in [1.807, 2.05) is 24.3 Å². The summed E-state index contributed by atoms with van der Waals surface area (Å²) in [7, 11) is 0. The second kappa shape index (κ2) is 6.16. The number of carbonyl (C=O) groups is 1. The molecule has 2 amide bonds. The number of aryl methyl sites for hydroxylation is 1. The maximum Gasteiger partial charge on any atom is 0.320 e. The summed E-state index contributed by atoms with van der Waals surface area (Å²) in [5.41, 5.74) is 0.184. The van der Waals surface area contributed by atoms with Crippen LogP contribution in [0.5, 0.6) is 0 Å². The molecule has 1 fully saturated rings. The van der Waals surface area contributed by atoms with Crippen molar-refractivity contribution in [1.29, 1.82) is 0 Å². The number of anilines is 1. The molecular weight excluding hydrogens is 318 g/mol. The van der Waals surface area contributed by atoms with Gasteiger partial charge in [-0.3, -0.25) is 4.98 Å². The summed E-state index contributed by atoms with van der Waals surface area (Å²) >= 11 is 0. The fourth-order valence-electron chi connectivity index (χ4n) is 3.48. The summed E-state index contributed by atoms with van der Waals surface area (Å²) in [6.45, 7) is 1.75. The van der Waals surface area contributed by atoms with Crippen molar-refractivity contribution in [3.05, 3.63) is 48.4 Å². The Balaban J connectivity index is 1.58. The van der Waals surface area contributed by atoms with Gasteiger partial charge in [0.15, 0.2) is 5.82 Å². The molecule has 0 spiro atoms. The summed E-state index contributed by atoms with van der Waals surface area (Å²) in [4.78, 5) is 21.1. The number of aromatic nitrogens is 3. The van der Waals surface area contributed by atoms with Crippen LogP contribution in [0, 0.1) is 6.92 Å². The maximum atomic E-state index is 12.7. The number of fused-ring (bicyclic) bond motifs is 1. The number of benzene rings is 1. The molecule has 2 N–H and O–H groups in total. The Morgan fingerprint density at radius 2 is 2.08 bits per heavy atom. The van der Waals surface area contributed by atoms with Crippen LogP contribution in [0.3, 0.4) is 0 Å². The van der Waals surface area contributed by atoms with E-state index in [0.717, 1.165) is 42.1 Å². The quantitative estimate of drug-likeness (QED) is 0.763. The molecule has 2 heterocycles. The van der Waals surface area contributed by atoms with E-state index in [-0.39, 0.29) is 6.03 Å². The number of hydrogen-bond acceptors (Lipinski definition) is 5. The van der Waals surface area contributed by atoms with Crippen molar-refractivity contribution in [2.45, 2.75) is 38.1 Å². The summed E-state index contributed by atoms with van der Waals surface area (Å²) < 4.78 is 5.12. The van der Waals surface area contributed by atoms with Gasteiger partial charge in [0.25, 0.3) is 0 Å². The molecule has 7 nitrogen and oxygen atoms in total. The highest BCUT2D eigenvalue weighted by molar-refractivity contribution is 6.01. The van der Waals surface area contributed by atoms with Gasteiger partial charge in [-0.1, -0.05) is 30.1 Å². The van der Waals surface area contributed by atoms with Crippen LogP contribution in [-0.2, 0) is 5.54 Å². The standard InChI is InChI=1S/C18H19N5O2/c1-12-20-16(23-25-12)18(8-2-3-9-18)22-17(24)21-15-6-4-5-13-11-19-10-7-14(13)15/h4-7,10-11H,2-3,8-9H2,1H3,(H2,21,22,24). The van der Waals surface area contributed by atoms with Crippen LogP contribution < -0.4 is 10.6 Å². The second-order valence-corrected chi connectivity index (χ2v) is 6.41. The molecule has 0 aliphatic heterocycles. The Morgan fingerprint density at radius 1 is 1.24 bits per heavy atom. The van der Waals surface area contributed by atoms with Gasteiger partial charge in [-0.15, -0.1) is 0 Å². The third-order valence-electron chi connectivity index (χ3n) is 4.69. The minimum absolute atomic E-state index is 0.270. The Hall–Kier alpha value is -2.96. The molecule has 0 unspecified atom stereocenters. The van der Waals surface area contributed by atoms with E-state index >= 15 is 0 Å². The van der Waals surface area contributed by atoms with Gasteiger partial charge >= 0.3 is 6.03 Å². The predicted octanol–water partition coefficient (Wildman–Crippen LogP) is 3.52. The molecule has 3 aromatic rings. The largest absolute Gasteiger partial charge is 0.340 e. The van der Waals surface area contributed by atoms with Crippen LogP contribution in [0.1, 0.15) is 37.4 Å². The van der Waals surface area contributed by atoms with E-state index in [2.05, 4.69) is 25.8 Å². The summed E-state index contributed by atoms with van der Waals surface area (Å²) in [5.74, 6) is 1.06. The Bertz CT molecular complexity index is 909. The molecule has 7 heteroatoms. The van der Waals surface area contributed by atoms with Crippen molar-refractivity contribution in [2.75, 3.05) is 5.32 Å². The SMILES string of the molecule is Cc1nc(C2(NC(=O)Nc3cccc4cnccc34)CCCC2)no1. The smallest absolute Gasteiger partial charge is 0.320 e. The highest BCUT2D eigenvalue weighted by Gasteiger charge is 2.41. The van der Waals surface area contributed by atoms with Crippen molar-refractivity contribution in [3.8, 4) is 0 Å². The summed E-state index contributed by atoms with van der Waals surface area (Å²) in [5, 5.41) is 12.0. The lowest BCUT2D eigenvalue weighted by Crippen LogP contribution is -2.46. The Morgan fingerprint density at radius 3 is 2.84 bits per heavy atom. The topological polar surface area (TPSA) is 92.9 Å². The number of pyridine rings is 1. The van der Waals surface area contributed by atoms with Crippen molar-refractivity contribution >= 4 is 22.5 Å². The van der Waals surface area contributed by atoms with Crippen LogP contribution in [0.2, 0.25) is 0 Å². The molecule has 1 aliphatic carbocycles. The third-order valence-corrected chi connectivity index (χ3v) is 4.69. The normalized spacial score (nSPS) is 16.0. The van der Waals surface area contributed by atoms with Crippen molar-refractivity contribution in [1.82, 2.24) is 20.4 Å². The van der Waals surface area contributed by atoms with E-state index < -0.39 is 5.54 Å². The van der Waals surface area contributed by atoms with Crippen LogP contribution in [0.4, 0.5) is 10.5 Å². The number of nitrogens with one attached hydrogen (secondary N) is 2. The highest BCUT2D eigenvalue weighted by Crippen LogP contribution is 2.37. The lowest BCUT2D eigenvalue weighted by Gasteiger charge is -2.27. The average Bonchev–Trinajstić information content (AvgIpc) is 3.25. The summed E-state index contributed by atoms with van der Waals surface area (Å²) in [6.07, 6.45) is 7.14. The lowest BCUT2D eigenvalue weighted by atomic mass is 9.97. The van der Waals surface area contributed by atoms with Crippen LogP contribution in [0.15, 0.2) is 41.2 Å². The molecule has 1 aromatic carbocycles. The second-order valence-electron chi connectivity index (χ2n) is 6.41. The summed E-state index contributed by atoms with van der Waals surface area (Å²) in [6, 6.07) is 7.36. The van der Waals surface area contributed by atoms with Gasteiger partial charge in [0.1, 0.15) is 5.54 Å².